The predicted octanol–water partition coefficient (Wildman–Crippen LogP) is 1.96. The normalized spacial score (nSPS) is 28.0. The highest BCUT2D eigenvalue weighted by molar-refractivity contribution is 5.78. The number of hydrogen-bond donors (Lipinski definition) is 2. The highest BCUT2D eigenvalue weighted by Gasteiger charge is 2.37. The quantitative estimate of drug-likeness (QED) is 0.717. The highest BCUT2D eigenvalue weighted by Crippen LogP contribution is 2.24. The number of piperidine rings is 1. The van der Waals surface area contributed by atoms with E-state index in [4.69, 9.17) is 4.74 Å². The van der Waals surface area contributed by atoms with E-state index in [9.17, 15) is 9.90 Å². The van der Waals surface area contributed by atoms with Crippen LogP contribution < -0.4 is 5.32 Å². The van der Waals surface area contributed by atoms with Crippen molar-refractivity contribution in [2.24, 2.45) is 5.92 Å². The molecule has 1 saturated heterocycles. The van der Waals surface area contributed by atoms with Crippen molar-refractivity contribution in [1.82, 2.24) is 10.2 Å². The standard InChI is InChI=1S/C16H32N2O3/c1-6-8-17-16(4,15(19)20)10-13(3)18-9-7-12(2)14(11-18)21-5/h12-14,17H,6-11H2,1-5H3,(H,19,20). The third-order valence-corrected chi connectivity index (χ3v) is 4.79. The molecular formula is C16H32N2O3. The summed E-state index contributed by atoms with van der Waals surface area (Å²) >= 11 is 0. The summed E-state index contributed by atoms with van der Waals surface area (Å²) in [5.41, 5.74) is -0.860. The average molecular weight is 300 g/mol. The molecule has 1 rings (SSSR count). The van der Waals surface area contributed by atoms with Crippen LogP contribution in [0.5, 0.6) is 0 Å². The number of carboxylic acids is 1. The zero-order valence-corrected chi connectivity index (χ0v) is 14.2. The molecule has 0 spiro atoms. The average Bonchev–Trinajstić information content (AvgIpc) is 2.45. The van der Waals surface area contributed by atoms with Crippen LogP contribution in [0, 0.1) is 5.92 Å². The van der Waals surface area contributed by atoms with Crippen molar-refractivity contribution in [1.29, 1.82) is 0 Å². The van der Waals surface area contributed by atoms with Gasteiger partial charge in [0.05, 0.1) is 6.10 Å². The number of carbonyl (C=O) groups is 1. The van der Waals surface area contributed by atoms with Gasteiger partial charge < -0.3 is 15.2 Å². The SMILES string of the molecule is CCCNC(C)(CC(C)N1CCC(C)C(OC)C1)C(=O)O. The van der Waals surface area contributed by atoms with Crippen molar-refractivity contribution in [3.05, 3.63) is 0 Å². The van der Waals surface area contributed by atoms with Gasteiger partial charge >= 0.3 is 5.97 Å². The van der Waals surface area contributed by atoms with Gasteiger partial charge in [-0.2, -0.15) is 0 Å². The Bertz CT molecular complexity index is 337. The van der Waals surface area contributed by atoms with E-state index in [1.807, 2.05) is 6.92 Å². The summed E-state index contributed by atoms with van der Waals surface area (Å²) in [5.74, 6) is -0.195. The van der Waals surface area contributed by atoms with Gasteiger partial charge in [-0.1, -0.05) is 13.8 Å². The maximum absolute atomic E-state index is 11.6. The Morgan fingerprint density at radius 1 is 1.57 bits per heavy atom. The Hall–Kier alpha value is -0.650. The largest absolute Gasteiger partial charge is 0.480 e. The van der Waals surface area contributed by atoms with E-state index in [2.05, 4.69) is 24.1 Å². The van der Waals surface area contributed by atoms with Crippen molar-refractivity contribution < 1.29 is 14.6 Å². The Labute approximate surface area is 129 Å². The summed E-state index contributed by atoms with van der Waals surface area (Å²) in [6.45, 7) is 10.8. The molecule has 0 aromatic rings. The lowest BCUT2D eigenvalue weighted by molar-refractivity contribution is -0.145. The minimum atomic E-state index is -0.860. The van der Waals surface area contributed by atoms with Crippen LogP contribution in [0.25, 0.3) is 0 Å². The van der Waals surface area contributed by atoms with Crippen molar-refractivity contribution in [2.75, 3.05) is 26.7 Å². The Kier molecular flexibility index (Phi) is 7.10. The molecule has 1 fully saturated rings. The number of methoxy groups -OCH3 is 1. The summed E-state index contributed by atoms with van der Waals surface area (Å²) in [7, 11) is 1.76. The number of hydrogen-bond acceptors (Lipinski definition) is 4. The van der Waals surface area contributed by atoms with E-state index in [1.54, 1.807) is 14.0 Å². The lowest BCUT2D eigenvalue weighted by Crippen LogP contribution is -2.55. The van der Waals surface area contributed by atoms with Crippen LogP contribution in [0.1, 0.15) is 47.0 Å². The summed E-state index contributed by atoms with van der Waals surface area (Å²) in [6, 6.07) is 0.223. The first kappa shape index (κ1) is 18.4. The summed E-state index contributed by atoms with van der Waals surface area (Å²) in [4.78, 5) is 14.0. The van der Waals surface area contributed by atoms with Crippen LogP contribution in [0.15, 0.2) is 0 Å². The first-order chi connectivity index (χ1) is 9.84. The Balaban J connectivity index is 2.64. The number of nitrogens with one attached hydrogen (secondary N) is 1. The molecule has 0 bridgehead atoms. The van der Waals surface area contributed by atoms with Gasteiger partial charge in [0.2, 0.25) is 0 Å². The van der Waals surface area contributed by atoms with Crippen LogP contribution in [-0.2, 0) is 9.53 Å². The van der Waals surface area contributed by atoms with Gasteiger partial charge in [0.15, 0.2) is 0 Å². The zero-order valence-electron chi connectivity index (χ0n) is 14.2. The second-order valence-electron chi connectivity index (χ2n) is 6.65. The van der Waals surface area contributed by atoms with Crippen LogP contribution in [0.4, 0.5) is 0 Å². The third kappa shape index (κ3) is 4.94. The monoisotopic (exact) mass is 300 g/mol. The number of likely N-dealkylation sites (tertiary alicyclic amines) is 1. The molecule has 0 amide bonds. The predicted molar refractivity (Wildman–Crippen MR) is 84.6 cm³/mol. The molecule has 5 nitrogen and oxygen atoms in total. The van der Waals surface area contributed by atoms with Gasteiger partial charge in [-0.3, -0.25) is 9.69 Å². The van der Waals surface area contributed by atoms with Gasteiger partial charge in [-0.05, 0) is 52.1 Å². The number of nitrogens with zero attached hydrogens (tertiary/aromatic N) is 1. The highest BCUT2D eigenvalue weighted by atomic mass is 16.5. The summed E-state index contributed by atoms with van der Waals surface area (Å²) < 4.78 is 5.55. The van der Waals surface area contributed by atoms with Crippen molar-refractivity contribution in [2.45, 2.75) is 64.6 Å². The van der Waals surface area contributed by atoms with Crippen molar-refractivity contribution >= 4 is 5.97 Å². The second kappa shape index (κ2) is 8.11. The Morgan fingerprint density at radius 3 is 2.76 bits per heavy atom. The number of carboxylic acid groups (broad SMARTS) is 1. The van der Waals surface area contributed by atoms with Gasteiger partial charge in [0.25, 0.3) is 0 Å². The van der Waals surface area contributed by atoms with Crippen molar-refractivity contribution in [3.63, 3.8) is 0 Å². The van der Waals surface area contributed by atoms with Gasteiger partial charge in [0, 0.05) is 19.7 Å². The maximum atomic E-state index is 11.6. The van der Waals surface area contributed by atoms with Crippen LogP contribution >= 0.6 is 0 Å². The fraction of sp³-hybridized carbons (Fsp3) is 0.938. The van der Waals surface area contributed by atoms with E-state index in [0.717, 1.165) is 32.5 Å². The van der Waals surface area contributed by atoms with E-state index in [1.165, 1.54) is 0 Å². The summed E-state index contributed by atoms with van der Waals surface area (Å²) in [5, 5.41) is 12.7. The fourth-order valence-electron chi connectivity index (χ4n) is 3.12. The van der Waals surface area contributed by atoms with Crippen LogP contribution in [0.2, 0.25) is 0 Å². The first-order valence-electron chi connectivity index (χ1n) is 8.09. The lowest BCUT2D eigenvalue weighted by atomic mass is 9.89. The molecular weight excluding hydrogens is 268 g/mol. The van der Waals surface area contributed by atoms with Gasteiger partial charge in [-0.15, -0.1) is 0 Å². The minimum Gasteiger partial charge on any atom is -0.480 e. The molecule has 5 heteroatoms. The molecule has 0 aromatic heterocycles. The molecule has 124 valence electrons. The summed E-state index contributed by atoms with van der Waals surface area (Å²) in [6.07, 6.45) is 2.90. The minimum absolute atomic E-state index is 0.223. The zero-order chi connectivity index (χ0) is 16.0. The molecule has 1 aliphatic heterocycles. The molecule has 0 saturated carbocycles. The second-order valence-corrected chi connectivity index (χ2v) is 6.65. The fourth-order valence-corrected chi connectivity index (χ4v) is 3.12. The lowest BCUT2D eigenvalue weighted by Gasteiger charge is -2.41. The van der Waals surface area contributed by atoms with Gasteiger partial charge in [0.1, 0.15) is 5.54 Å². The topological polar surface area (TPSA) is 61.8 Å². The molecule has 0 radical (unpaired) electrons. The Morgan fingerprint density at radius 2 is 2.24 bits per heavy atom. The van der Waals surface area contributed by atoms with E-state index in [0.29, 0.717) is 12.3 Å². The number of rotatable bonds is 8. The van der Waals surface area contributed by atoms with E-state index >= 15 is 0 Å². The molecule has 2 N–H and O–H groups in total. The molecule has 1 heterocycles. The smallest absolute Gasteiger partial charge is 0.323 e. The number of ether oxygens (including phenoxy) is 1. The molecule has 0 aromatic carbocycles. The molecule has 0 aliphatic carbocycles. The maximum Gasteiger partial charge on any atom is 0.323 e. The number of aliphatic carboxylic acids is 1. The van der Waals surface area contributed by atoms with Crippen LogP contribution in [0.3, 0.4) is 0 Å². The van der Waals surface area contributed by atoms with E-state index in [-0.39, 0.29) is 12.1 Å². The third-order valence-electron chi connectivity index (χ3n) is 4.79. The molecule has 4 unspecified atom stereocenters. The van der Waals surface area contributed by atoms with Gasteiger partial charge in [-0.25, -0.2) is 0 Å². The van der Waals surface area contributed by atoms with E-state index < -0.39 is 11.5 Å². The van der Waals surface area contributed by atoms with Crippen molar-refractivity contribution in [3.8, 4) is 0 Å². The first-order valence-corrected chi connectivity index (χ1v) is 8.09. The molecule has 4 atom stereocenters. The van der Waals surface area contributed by atoms with Crippen LogP contribution in [-0.4, -0.2) is 60.4 Å². The molecule has 1 aliphatic rings. The molecule has 21 heavy (non-hydrogen) atoms.